The molecule has 1 heterocycles. The maximum absolute atomic E-state index is 5.16. The van der Waals surface area contributed by atoms with E-state index in [0.717, 1.165) is 38.0 Å². The summed E-state index contributed by atoms with van der Waals surface area (Å²) >= 11 is 0. The van der Waals surface area contributed by atoms with Crippen molar-refractivity contribution in [3.8, 4) is 12.3 Å². The highest BCUT2D eigenvalue weighted by atomic mass is 15.1. The van der Waals surface area contributed by atoms with E-state index in [-0.39, 0.29) is 0 Å². The van der Waals surface area contributed by atoms with Crippen molar-refractivity contribution < 1.29 is 0 Å². The van der Waals surface area contributed by atoms with Crippen molar-refractivity contribution in [3.05, 3.63) is 17.5 Å². The van der Waals surface area contributed by atoms with Crippen LogP contribution in [0.3, 0.4) is 0 Å². The molecule has 0 aliphatic carbocycles. The number of nitrogens with zero attached hydrogens (tertiary/aromatic N) is 1. The predicted molar refractivity (Wildman–Crippen MR) is 57.7 cm³/mol. The van der Waals surface area contributed by atoms with Gasteiger partial charge in [0, 0.05) is 24.2 Å². The molecule has 3 heteroatoms. The molecule has 0 radical (unpaired) electrons. The summed E-state index contributed by atoms with van der Waals surface area (Å²) in [5, 5.41) is 10.2. The molecule has 1 rings (SSSR count). The van der Waals surface area contributed by atoms with Crippen molar-refractivity contribution in [1.29, 1.82) is 0 Å². The van der Waals surface area contributed by atoms with Gasteiger partial charge in [0.2, 0.25) is 0 Å². The summed E-state index contributed by atoms with van der Waals surface area (Å²) < 4.78 is 0. The Labute approximate surface area is 85.3 Å². The van der Waals surface area contributed by atoms with Crippen LogP contribution in [0.5, 0.6) is 0 Å². The van der Waals surface area contributed by atoms with E-state index in [1.54, 1.807) is 0 Å². The zero-order chi connectivity index (χ0) is 10.2. The fraction of sp³-hybridized carbons (Fsp3) is 0.545. The van der Waals surface area contributed by atoms with E-state index in [0.29, 0.717) is 0 Å². The van der Waals surface area contributed by atoms with E-state index in [2.05, 4.69) is 21.4 Å². The second kappa shape index (κ2) is 6.22. The van der Waals surface area contributed by atoms with Crippen LogP contribution in [0.15, 0.2) is 6.20 Å². The molecule has 3 nitrogen and oxygen atoms in total. The summed E-state index contributed by atoms with van der Waals surface area (Å²) in [5.74, 6) is 2.64. The fourth-order valence-corrected chi connectivity index (χ4v) is 1.25. The summed E-state index contributed by atoms with van der Waals surface area (Å²) in [6.07, 6.45) is 10.1. The van der Waals surface area contributed by atoms with Gasteiger partial charge >= 0.3 is 0 Å². The summed E-state index contributed by atoms with van der Waals surface area (Å²) in [6, 6.07) is 0. The Morgan fingerprint density at radius 1 is 1.57 bits per heavy atom. The number of hydrogen-bond donors (Lipinski definition) is 2. The molecule has 0 bridgehead atoms. The molecule has 0 spiro atoms. The van der Waals surface area contributed by atoms with Gasteiger partial charge in [0.15, 0.2) is 0 Å². The van der Waals surface area contributed by atoms with Gasteiger partial charge in [-0.15, -0.1) is 12.3 Å². The average Bonchev–Trinajstić information content (AvgIpc) is 2.58. The molecule has 0 unspecified atom stereocenters. The number of aromatic nitrogens is 2. The van der Waals surface area contributed by atoms with Gasteiger partial charge in [-0.3, -0.25) is 5.10 Å². The number of aromatic amines is 1. The van der Waals surface area contributed by atoms with Crippen molar-refractivity contribution in [2.45, 2.75) is 32.7 Å². The van der Waals surface area contributed by atoms with Gasteiger partial charge in [-0.2, -0.15) is 5.10 Å². The Kier molecular flexibility index (Phi) is 4.81. The first kappa shape index (κ1) is 10.8. The van der Waals surface area contributed by atoms with Crippen LogP contribution < -0.4 is 5.32 Å². The summed E-state index contributed by atoms with van der Waals surface area (Å²) in [5.41, 5.74) is 2.38. The van der Waals surface area contributed by atoms with Crippen LogP contribution in [-0.2, 0) is 6.54 Å². The van der Waals surface area contributed by atoms with Gasteiger partial charge in [0.1, 0.15) is 0 Å². The van der Waals surface area contributed by atoms with Crippen molar-refractivity contribution in [2.24, 2.45) is 0 Å². The van der Waals surface area contributed by atoms with Crippen molar-refractivity contribution in [3.63, 3.8) is 0 Å². The number of hydrogen-bond acceptors (Lipinski definition) is 2. The van der Waals surface area contributed by atoms with Gasteiger partial charge < -0.3 is 5.32 Å². The Morgan fingerprint density at radius 2 is 2.43 bits per heavy atom. The lowest BCUT2D eigenvalue weighted by Crippen LogP contribution is -2.14. The summed E-state index contributed by atoms with van der Waals surface area (Å²) in [4.78, 5) is 0. The van der Waals surface area contributed by atoms with E-state index in [4.69, 9.17) is 6.42 Å². The standard InChI is InChI=1S/C11H17N3/c1-3-4-5-6-7-12-8-11-9-13-14-10(11)2/h1,9,12H,4-8H2,2H3,(H,13,14). The normalized spacial score (nSPS) is 10.0. The number of unbranched alkanes of at least 4 members (excludes halogenated alkanes) is 2. The summed E-state index contributed by atoms with van der Waals surface area (Å²) in [7, 11) is 0. The van der Waals surface area contributed by atoms with Crippen LogP contribution in [0.4, 0.5) is 0 Å². The lowest BCUT2D eigenvalue weighted by molar-refractivity contribution is 0.628. The average molecular weight is 191 g/mol. The van der Waals surface area contributed by atoms with Gasteiger partial charge in [0.05, 0.1) is 6.20 Å². The molecular formula is C11H17N3. The molecule has 14 heavy (non-hydrogen) atoms. The number of rotatable bonds is 6. The highest BCUT2D eigenvalue weighted by molar-refractivity contribution is 5.13. The van der Waals surface area contributed by atoms with Crippen LogP contribution in [0.1, 0.15) is 30.5 Å². The Bertz CT molecular complexity index is 296. The van der Waals surface area contributed by atoms with Crippen LogP contribution in [0, 0.1) is 19.3 Å². The molecule has 1 aromatic rings. The van der Waals surface area contributed by atoms with E-state index in [9.17, 15) is 0 Å². The number of aryl methyl sites for hydroxylation is 1. The van der Waals surface area contributed by atoms with Gasteiger partial charge in [-0.25, -0.2) is 0 Å². The van der Waals surface area contributed by atoms with E-state index in [1.807, 2.05) is 13.1 Å². The van der Waals surface area contributed by atoms with E-state index < -0.39 is 0 Å². The smallest absolute Gasteiger partial charge is 0.0535 e. The van der Waals surface area contributed by atoms with Crippen LogP contribution in [0.2, 0.25) is 0 Å². The first-order chi connectivity index (χ1) is 6.84. The molecule has 76 valence electrons. The van der Waals surface area contributed by atoms with Crippen molar-refractivity contribution in [1.82, 2.24) is 15.5 Å². The second-order valence-corrected chi connectivity index (χ2v) is 3.36. The van der Waals surface area contributed by atoms with Gasteiger partial charge in [-0.1, -0.05) is 0 Å². The quantitative estimate of drug-likeness (QED) is 0.530. The van der Waals surface area contributed by atoms with Gasteiger partial charge in [-0.05, 0) is 26.3 Å². The molecule has 0 fully saturated rings. The molecule has 0 atom stereocenters. The molecular weight excluding hydrogens is 174 g/mol. The lowest BCUT2D eigenvalue weighted by Gasteiger charge is -2.02. The van der Waals surface area contributed by atoms with Crippen molar-refractivity contribution >= 4 is 0 Å². The maximum Gasteiger partial charge on any atom is 0.0535 e. The van der Waals surface area contributed by atoms with Crippen molar-refractivity contribution in [2.75, 3.05) is 6.54 Å². The minimum absolute atomic E-state index is 0.881. The third kappa shape index (κ3) is 3.63. The number of terminal acetylenes is 1. The van der Waals surface area contributed by atoms with Gasteiger partial charge in [0.25, 0.3) is 0 Å². The Hall–Kier alpha value is -1.27. The first-order valence-corrected chi connectivity index (χ1v) is 4.97. The third-order valence-electron chi connectivity index (χ3n) is 2.17. The fourth-order valence-electron chi connectivity index (χ4n) is 1.25. The van der Waals surface area contributed by atoms with E-state index in [1.165, 1.54) is 5.56 Å². The monoisotopic (exact) mass is 191 g/mol. The highest BCUT2D eigenvalue weighted by Gasteiger charge is 1.98. The zero-order valence-electron chi connectivity index (χ0n) is 8.64. The maximum atomic E-state index is 5.16. The zero-order valence-corrected chi connectivity index (χ0v) is 8.64. The minimum Gasteiger partial charge on any atom is -0.313 e. The third-order valence-corrected chi connectivity index (χ3v) is 2.17. The second-order valence-electron chi connectivity index (χ2n) is 3.36. The van der Waals surface area contributed by atoms with E-state index >= 15 is 0 Å². The molecule has 0 aliphatic heterocycles. The molecule has 0 saturated carbocycles. The lowest BCUT2D eigenvalue weighted by atomic mass is 10.2. The van der Waals surface area contributed by atoms with Crippen LogP contribution in [0.25, 0.3) is 0 Å². The number of nitrogens with one attached hydrogen (secondary N) is 2. The topological polar surface area (TPSA) is 40.7 Å². The highest BCUT2D eigenvalue weighted by Crippen LogP contribution is 2.01. The number of H-pyrrole nitrogens is 1. The largest absolute Gasteiger partial charge is 0.313 e. The molecule has 0 amide bonds. The molecule has 0 aliphatic rings. The Morgan fingerprint density at radius 3 is 3.07 bits per heavy atom. The molecule has 0 aromatic carbocycles. The SMILES string of the molecule is C#CCCCCNCc1cn[nH]c1C. The molecule has 0 saturated heterocycles. The van der Waals surface area contributed by atoms with Crippen LogP contribution >= 0.6 is 0 Å². The molecule has 1 aromatic heterocycles. The first-order valence-electron chi connectivity index (χ1n) is 4.97. The molecule has 2 N–H and O–H groups in total. The Balaban J connectivity index is 2.05. The van der Waals surface area contributed by atoms with Crippen LogP contribution in [-0.4, -0.2) is 16.7 Å². The minimum atomic E-state index is 0.881. The predicted octanol–water partition coefficient (Wildman–Crippen LogP) is 1.61. The summed E-state index contributed by atoms with van der Waals surface area (Å²) in [6.45, 7) is 3.94.